The zero-order valence-electron chi connectivity index (χ0n) is 9.61. The molecule has 0 atom stereocenters. The molecule has 0 saturated carbocycles. The van der Waals surface area contributed by atoms with Gasteiger partial charge in [0.2, 0.25) is 0 Å². The van der Waals surface area contributed by atoms with Crippen molar-refractivity contribution in [3.63, 3.8) is 0 Å². The normalized spacial score (nSPS) is 11.3. The van der Waals surface area contributed by atoms with Crippen LogP contribution in [0.4, 0.5) is 18.9 Å². The second kappa shape index (κ2) is 4.72. The highest BCUT2D eigenvalue weighted by molar-refractivity contribution is 5.55. The highest BCUT2D eigenvalue weighted by Gasteiger charge is 2.30. The SMILES string of the molecule is Nc1ccc(Oc2cccc(C(F)(F)F)c2)cc1O. The van der Waals surface area contributed by atoms with Gasteiger partial charge in [-0.25, -0.2) is 0 Å². The van der Waals surface area contributed by atoms with E-state index in [1.807, 2.05) is 0 Å². The number of phenolic OH excluding ortho intramolecular Hbond substituents is 1. The number of hydrogen-bond acceptors (Lipinski definition) is 3. The lowest BCUT2D eigenvalue weighted by Gasteiger charge is -2.10. The van der Waals surface area contributed by atoms with Crippen LogP contribution in [0.5, 0.6) is 17.2 Å². The minimum Gasteiger partial charge on any atom is -0.506 e. The quantitative estimate of drug-likeness (QED) is 0.644. The van der Waals surface area contributed by atoms with Crippen molar-refractivity contribution in [3.05, 3.63) is 48.0 Å². The molecule has 100 valence electrons. The van der Waals surface area contributed by atoms with Gasteiger partial charge in [-0.15, -0.1) is 0 Å². The zero-order chi connectivity index (χ0) is 14.0. The molecule has 0 aliphatic carbocycles. The van der Waals surface area contributed by atoms with Gasteiger partial charge in [0.15, 0.2) is 0 Å². The largest absolute Gasteiger partial charge is 0.506 e. The Kier molecular flexibility index (Phi) is 3.25. The Morgan fingerprint density at radius 1 is 1.00 bits per heavy atom. The van der Waals surface area contributed by atoms with Gasteiger partial charge in [-0.3, -0.25) is 0 Å². The van der Waals surface area contributed by atoms with E-state index in [1.165, 1.54) is 30.3 Å². The summed E-state index contributed by atoms with van der Waals surface area (Å²) in [5.74, 6) is 0.0366. The third kappa shape index (κ3) is 3.09. The summed E-state index contributed by atoms with van der Waals surface area (Å²) in [7, 11) is 0. The monoisotopic (exact) mass is 269 g/mol. The summed E-state index contributed by atoms with van der Waals surface area (Å²) >= 11 is 0. The minimum absolute atomic E-state index is 0.0268. The van der Waals surface area contributed by atoms with Crippen molar-refractivity contribution in [3.8, 4) is 17.2 Å². The Hall–Kier alpha value is -2.37. The minimum atomic E-state index is -4.43. The Labute approximate surface area is 107 Å². The van der Waals surface area contributed by atoms with E-state index < -0.39 is 11.7 Å². The number of anilines is 1. The average Bonchev–Trinajstić information content (AvgIpc) is 2.33. The number of nitrogens with two attached hydrogens (primary N) is 1. The number of rotatable bonds is 2. The van der Waals surface area contributed by atoms with Crippen LogP contribution < -0.4 is 10.5 Å². The molecule has 2 rings (SSSR count). The molecule has 2 aromatic rings. The predicted octanol–water partition coefficient (Wildman–Crippen LogP) is 3.79. The maximum Gasteiger partial charge on any atom is 0.416 e. The van der Waals surface area contributed by atoms with Gasteiger partial charge >= 0.3 is 6.18 Å². The highest BCUT2D eigenvalue weighted by Crippen LogP contribution is 2.33. The van der Waals surface area contributed by atoms with Crippen molar-refractivity contribution in [2.75, 3.05) is 5.73 Å². The lowest BCUT2D eigenvalue weighted by molar-refractivity contribution is -0.137. The van der Waals surface area contributed by atoms with E-state index in [4.69, 9.17) is 10.5 Å². The first-order chi connectivity index (χ1) is 8.86. The standard InChI is InChI=1S/C13H10F3NO2/c14-13(15,16)8-2-1-3-9(6-8)19-10-4-5-11(17)12(18)7-10/h1-7,18H,17H2. The Morgan fingerprint density at radius 2 is 1.68 bits per heavy atom. The van der Waals surface area contributed by atoms with E-state index in [-0.39, 0.29) is 22.9 Å². The van der Waals surface area contributed by atoms with Gasteiger partial charge in [0.1, 0.15) is 17.2 Å². The molecule has 3 nitrogen and oxygen atoms in total. The molecule has 3 N–H and O–H groups in total. The number of phenols is 1. The number of halogens is 3. The van der Waals surface area contributed by atoms with Gasteiger partial charge in [-0.2, -0.15) is 13.2 Å². The van der Waals surface area contributed by atoms with Gasteiger partial charge in [0, 0.05) is 6.07 Å². The number of aromatic hydroxyl groups is 1. The summed E-state index contributed by atoms with van der Waals surface area (Å²) in [4.78, 5) is 0. The number of benzene rings is 2. The molecule has 0 unspecified atom stereocenters. The van der Waals surface area contributed by atoms with Gasteiger partial charge in [-0.1, -0.05) is 6.07 Å². The number of alkyl halides is 3. The molecule has 0 fully saturated rings. The van der Waals surface area contributed by atoms with E-state index in [1.54, 1.807) is 0 Å². The molecule has 0 aliphatic heterocycles. The van der Waals surface area contributed by atoms with Gasteiger partial charge in [0.25, 0.3) is 0 Å². The van der Waals surface area contributed by atoms with Crippen molar-refractivity contribution in [2.24, 2.45) is 0 Å². The Bertz CT molecular complexity index is 597. The molecule has 0 saturated heterocycles. The lowest BCUT2D eigenvalue weighted by atomic mass is 10.2. The molecule has 0 radical (unpaired) electrons. The van der Waals surface area contributed by atoms with Gasteiger partial charge in [-0.05, 0) is 30.3 Å². The van der Waals surface area contributed by atoms with Crippen molar-refractivity contribution in [2.45, 2.75) is 6.18 Å². The van der Waals surface area contributed by atoms with Crippen LogP contribution in [0.25, 0.3) is 0 Å². The third-order valence-electron chi connectivity index (χ3n) is 2.40. The molecule has 0 aliphatic rings. The van der Waals surface area contributed by atoms with Crippen LogP contribution in [0.2, 0.25) is 0 Å². The summed E-state index contributed by atoms with van der Waals surface area (Å²) in [5, 5.41) is 9.38. The fourth-order valence-corrected chi connectivity index (χ4v) is 1.46. The van der Waals surface area contributed by atoms with Gasteiger partial charge < -0.3 is 15.6 Å². The van der Waals surface area contributed by atoms with Crippen molar-refractivity contribution < 1.29 is 23.0 Å². The summed E-state index contributed by atoms with van der Waals surface area (Å²) in [5.41, 5.74) is 4.77. The van der Waals surface area contributed by atoms with E-state index in [2.05, 4.69) is 0 Å². The predicted molar refractivity (Wildman–Crippen MR) is 64.0 cm³/mol. The van der Waals surface area contributed by atoms with Crippen LogP contribution in [0.3, 0.4) is 0 Å². The molecular weight excluding hydrogens is 259 g/mol. The molecule has 0 heterocycles. The second-order valence-corrected chi connectivity index (χ2v) is 3.85. The fraction of sp³-hybridized carbons (Fsp3) is 0.0769. The molecule has 0 bridgehead atoms. The van der Waals surface area contributed by atoms with Crippen LogP contribution in [0.1, 0.15) is 5.56 Å². The number of hydrogen-bond donors (Lipinski definition) is 2. The molecule has 6 heteroatoms. The summed E-state index contributed by atoms with van der Waals surface area (Å²) < 4.78 is 42.8. The van der Waals surface area contributed by atoms with Crippen molar-refractivity contribution in [1.29, 1.82) is 0 Å². The number of nitrogen functional groups attached to an aromatic ring is 1. The van der Waals surface area contributed by atoms with Gasteiger partial charge in [0.05, 0.1) is 11.3 Å². The molecule has 0 aromatic heterocycles. The van der Waals surface area contributed by atoms with Crippen LogP contribution >= 0.6 is 0 Å². The fourth-order valence-electron chi connectivity index (χ4n) is 1.46. The second-order valence-electron chi connectivity index (χ2n) is 3.85. The zero-order valence-corrected chi connectivity index (χ0v) is 9.61. The topological polar surface area (TPSA) is 55.5 Å². The van der Waals surface area contributed by atoms with Crippen molar-refractivity contribution >= 4 is 5.69 Å². The molecule has 19 heavy (non-hydrogen) atoms. The number of ether oxygens (including phenoxy) is 1. The average molecular weight is 269 g/mol. The summed E-state index contributed by atoms with van der Waals surface area (Å²) in [6, 6.07) is 8.56. The van der Waals surface area contributed by atoms with Crippen LogP contribution in [-0.4, -0.2) is 5.11 Å². The maximum atomic E-state index is 12.5. The Balaban J connectivity index is 2.26. The maximum absolute atomic E-state index is 12.5. The first-order valence-electron chi connectivity index (χ1n) is 5.30. The van der Waals surface area contributed by atoms with E-state index in [0.717, 1.165) is 12.1 Å². The lowest BCUT2D eigenvalue weighted by Crippen LogP contribution is -2.04. The summed E-state index contributed by atoms with van der Waals surface area (Å²) in [6.07, 6.45) is -4.43. The van der Waals surface area contributed by atoms with E-state index in [9.17, 15) is 18.3 Å². The molecule has 0 spiro atoms. The third-order valence-corrected chi connectivity index (χ3v) is 2.40. The summed E-state index contributed by atoms with van der Waals surface area (Å²) in [6.45, 7) is 0. The van der Waals surface area contributed by atoms with E-state index in [0.29, 0.717) is 0 Å². The highest BCUT2D eigenvalue weighted by atomic mass is 19.4. The van der Waals surface area contributed by atoms with Crippen LogP contribution in [0.15, 0.2) is 42.5 Å². The first-order valence-corrected chi connectivity index (χ1v) is 5.30. The molecular formula is C13H10F3NO2. The van der Waals surface area contributed by atoms with Crippen molar-refractivity contribution in [1.82, 2.24) is 0 Å². The molecule has 0 amide bonds. The van der Waals surface area contributed by atoms with Crippen LogP contribution in [-0.2, 0) is 6.18 Å². The molecule has 2 aromatic carbocycles. The first kappa shape index (κ1) is 13.1. The Morgan fingerprint density at radius 3 is 2.32 bits per heavy atom. The van der Waals surface area contributed by atoms with Crippen LogP contribution in [0, 0.1) is 0 Å². The van der Waals surface area contributed by atoms with E-state index >= 15 is 0 Å². The smallest absolute Gasteiger partial charge is 0.416 e.